The minimum absolute atomic E-state index is 0.610. The van der Waals surface area contributed by atoms with E-state index < -0.39 is 0 Å². The monoisotopic (exact) mass is 209 g/mol. The van der Waals surface area contributed by atoms with Crippen LogP contribution >= 0.6 is 11.3 Å². The van der Waals surface area contributed by atoms with Gasteiger partial charge in [-0.15, -0.1) is 11.3 Å². The van der Waals surface area contributed by atoms with Crippen LogP contribution in [0.5, 0.6) is 5.88 Å². The summed E-state index contributed by atoms with van der Waals surface area (Å²) < 4.78 is 5.49. The Bertz CT molecular complexity index is 415. The molecule has 2 aromatic rings. The highest BCUT2D eigenvalue weighted by Gasteiger charge is 2.04. The average Bonchev–Trinajstić information content (AvgIpc) is 2.67. The summed E-state index contributed by atoms with van der Waals surface area (Å²) in [4.78, 5) is 9.18. The van der Waals surface area contributed by atoms with Gasteiger partial charge in [0.05, 0.1) is 12.0 Å². The van der Waals surface area contributed by atoms with E-state index in [9.17, 15) is 0 Å². The Hall–Kier alpha value is -1.20. The number of fused-ring (bicyclic) bond motifs is 1. The first-order valence-electron chi connectivity index (χ1n) is 4.43. The Balaban J connectivity index is 2.19. The zero-order valence-corrected chi connectivity index (χ0v) is 8.46. The third-order valence-corrected chi connectivity index (χ3v) is 2.63. The van der Waals surface area contributed by atoms with Gasteiger partial charge in [-0.05, 0) is 24.4 Å². The van der Waals surface area contributed by atoms with Crippen molar-refractivity contribution in [3.8, 4) is 5.88 Å². The minimum Gasteiger partial charge on any atom is -0.477 e. The van der Waals surface area contributed by atoms with Gasteiger partial charge in [0, 0.05) is 0 Å². The molecule has 2 aromatic heterocycles. The van der Waals surface area contributed by atoms with Crippen LogP contribution in [0.15, 0.2) is 17.8 Å². The topological polar surface area (TPSA) is 61.0 Å². The van der Waals surface area contributed by atoms with Crippen molar-refractivity contribution in [1.29, 1.82) is 0 Å². The van der Waals surface area contributed by atoms with E-state index in [2.05, 4.69) is 9.97 Å². The summed E-state index contributed by atoms with van der Waals surface area (Å²) in [7, 11) is 0. The van der Waals surface area contributed by atoms with Gasteiger partial charge in [0.25, 0.3) is 0 Å². The van der Waals surface area contributed by atoms with E-state index in [0.717, 1.165) is 16.6 Å². The summed E-state index contributed by atoms with van der Waals surface area (Å²) in [6, 6.07) is 1.97. The van der Waals surface area contributed by atoms with Crippen molar-refractivity contribution < 1.29 is 4.74 Å². The highest BCUT2D eigenvalue weighted by Crippen LogP contribution is 2.25. The summed E-state index contributed by atoms with van der Waals surface area (Å²) in [5, 5.41) is 2.96. The Morgan fingerprint density at radius 3 is 3.21 bits per heavy atom. The summed E-state index contributed by atoms with van der Waals surface area (Å²) >= 11 is 1.58. The molecule has 0 atom stereocenters. The Morgan fingerprint density at radius 2 is 2.36 bits per heavy atom. The first kappa shape index (κ1) is 9.36. The van der Waals surface area contributed by atoms with Crippen LogP contribution in [-0.2, 0) is 0 Å². The lowest BCUT2D eigenvalue weighted by Gasteiger charge is -2.03. The molecule has 5 heteroatoms. The first-order chi connectivity index (χ1) is 6.92. The van der Waals surface area contributed by atoms with Crippen molar-refractivity contribution in [3.05, 3.63) is 17.8 Å². The molecule has 0 aliphatic carbocycles. The Morgan fingerprint density at radius 1 is 1.43 bits per heavy atom. The van der Waals surface area contributed by atoms with Gasteiger partial charge in [0.1, 0.15) is 11.2 Å². The molecule has 4 nitrogen and oxygen atoms in total. The van der Waals surface area contributed by atoms with Crippen molar-refractivity contribution in [3.63, 3.8) is 0 Å². The molecule has 0 bridgehead atoms. The van der Waals surface area contributed by atoms with E-state index in [1.165, 1.54) is 6.33 Å². The molecule has 0 amide bonds. The predicted molar refractivity (Wildman–Crippen MR) is 56.6 cm³/mol. The maximum absolute atomic E-state index is 5.49. The normalized spacial score (nSPS) is 10.6. The third kappa shape index (κ3) is 1.83. The van der Waals surface area contributed by atoms with Gasteiger partial charge in [0.2, 0.25) is 5.88 Å². The highest BCUT2D eigenvalue weighted by atomic mass is 32.1. The SMILES string of the molecule is NCCCOc1ncnc2sccc12. The molecule has 2 N–H and O–H groups in total. The maximum atomic E-state index is 5.49. The minimum atomic E-state index is 0.610. The van der Waals surface area contributed by atoms with Crippen molar-refractivity contribution in [1.82, 2.24) is 9.97 Å². The van der Waals surface area contributed by atoms with Crippen LogP contribution in [-0.4, -0.2) is 23.1 Å². The van der Waals surface area contributed by atoms with Crippen molar-refractivity contribution in [2.75, 3.05) is 13.2 Å². The van der Waals surface area contributed by atoms with E-state index in [-0.39, 0.29) is 0 Å². The van der Waals surface area contributed by atoms with E-state index >= 15 is 0 Å². The van der Waals surface area contributed by atoms with E-state index in [1.54, 1.807) is 11.3 Å². The lowest BCUT2D eigenvalue weighted by atomic mass is 10.4. The van der Waals surface area contributed by atoms with Crippen molar-refractivity contribution in [2.24, 2.45) is 5.73 Å². The molecule has 0 saturated heterocycles. The molecule has 0 unspecified atom stereocenters. The molecule has 0 saturated carbocycles. The summed E-state index contributed by atoms with van der Waals surface area (Å²) in [5.74, 6) is 0.657. The second-order valence-electron chi connectivity index (χ2n) is 2.81. The van der Waals surface area contributed by atoms with Gasteiger partial charge < -0.3 is 10.5 Å². The van der Waals surface area contributed by atoms with Gasteiger partial charge in [0.15, 0.2) is 0 Å². The van der Waals surface area contributed by atoms with Gasteiger partial charge in [-0.1, -0.05) is 0 Å². The molecule has 0 fully saturated rings. The summed E-state index contributed by atoms with van der Waals surface area (Å²) in [5.41, 5.74) is 5.37. The van der Waals surface area contributed by atoms with E-state index in [4.69, 9.17) is 10.5 Å². The predicted octanol–water partition coefficient (Wildman–Crippen LogP) is 1.42. The van der Waals surface area contributed by atoms with E-state index in [1.807, 2.05) is 11.4 Å². The van der Waals surface area contributed by atoms with Crippen molar-refractivity contribution in [2.45, 2.75) is 6.42 Å². The molecule has 2 rings (SSSR count). The van der Waals surface area contributed by atoms with Crippen LogP contribution in [0.3, 0.4) is 0 Å². The zero-order valence-electron chi connectivity index (χ0n) is 7.64. The molecule has 14 heavy (non-hydrogen) atoms. The highest BCUT2D eigenvalue weighted by molar-refractivity contribution is 7.16. The van der Waals surface area contributed by atoms with Gasteiger partial charge >= 0.3 is 0 Å². The summed E-state index contributed by atoms with van der Waals surface area (Å²) in [6.45, 7) is 1.25. The number of hydrogen-bond acceptors (Lipinski definition) is 5. The van der Waals surface area contributed by atoms with Crippen LogP contribution in [0.4, 0.5) is 0 Å². The molecule has 2 heterocycles. The number of rotatable bonds is 4. The van der Waals surface area contributed by atoms with Crippen LogP contribution in [0.1, 0.15) is 6.42 Å². The zero-order chi connectivity index (χ0) is 9.80. The molecule has 0 spiro atoms. The van der Waals surface area contributed by atoms with Crippen LogP contribution in [0.2, 0.25) is 0 Å². The largest absolute Gasteiger partial charge is 0.477 e. The standard InChI is InChI=1S/C9H11N3OS/c10-3-1-4-13-8-7-2-5-14-9(7)12-6-11-8/h2,5-6H,1,3-4,10H2. The fourth-order valence-electron chi connectivity index (χ4n) is 1.13. The Labute approximate surface area is 85.7 Å². The number of thiophene rings is 1. The van der Waals surface area contributed by atoms with Gasteiger partial charge in [-0.2, -0.15) is 0 Å². The molecule has 0 aliphatic rings. The smallest absolute Gasteiger partial charge is 0.225 e. The van der Waals surface area contributed by atoms with Gasteiger partial charge in [-0.25, -0.2) is 9.97 Å². The second-order valence-corrected chi connectivity index (χ2v) is 3.70. The molecule has 74 valence electrons. The third-order valence-electron chi connectivity index (χ3n) is 1.81. The first-order valence-corrected chi connectivity index (χ1v) is 5.31. The molecule has 0 aromatic carbocycles. The van der Waals surface area contributed by atoms with Crippen LogP contribution in [0, 0.1) is 0 Å². The fraction of sp³-hybridized carbons (Fsp3) is 0.333. The van der Waals surface area contributed by atoms with Gasteiger partial charge in [-0.3, -0.25) is 0 Å². The number of nitrogens with two attached hydrogens (primary N) is 1. The number of aromatic nitrogens is 2. The second kappa shape index (κ2) is 4.34. The lowest BCUT2D eigenvalue weighted by Crippen LogP contribution is -2.06. The number of nitrogens with zero attached hydrogens (tertiary/aromatic N) is 2. The molecular weight excluding hydrogens is 198 g/mol. The van der Waals surface area contributed by atoms with Crippen LogP contribution in [0.25, 0.3) is 10.2 Å². The number of hydrogen-bond donors (Lipinski definition) is 1. The lowest BCUT2D eigenvalue weighted by molar-refractivity contribution is 0.305. The van der Waals surface area contributed by atoms with E-state index in [0.29, 0.717) is 19.0 Å². The molecule has 0 aliphatic heterocycles. The Kier molecular flexibility index (Phi) is 2.90. The number of ether oxygens (including phenoxy) is 1. The molecular formula is C9H11N3OS. The molecule has 0 radical (unpaired) electrons. The van der Waals surface area contributed by atoms with Crippen molar-refractivity contribution >= 4 is 21.6 Å². The summed E-state index contributed by atoms with van der Waals surface area (Å²) in [6.07, 6.45) is 2.37. The maximum Gasteiger partial charge on any atom is 0.225 e. The fourth-order valence-corrected chi connectivity index (χ4v) is 1.86. The quantitative estimate of drug-likeness (QED) is 0.773. The average molecular weight is 209 g/mol. The van der Waals surface area contributed by atoms with Crippen LogP contribution < -0.4 is 10.5 Å².